The van der Waals surface area contributed by atoms with Gasteiger partial charge in [0.1, 0.15) is 0 Å². The van der Waals surface area contributed by atoms with Crippen molar-refractivity contribution in [2.75, 3.05) is 5.75 Å². The highest BCUT2D eigenvalue weighted by molar-refractivity contribution is 9.10. The summed E-state index contributed by atoms with van der Waals surface area (Å²) in [6.07, 6.45) is 2.02. The second-order valence-corrected chi connectivity index (χ2v) is 7.84. The van der Waals surface area contributed by atoms with Gasteiger partial charge in [-0.15, -0.1) is 0 Å². The average molecular weight is 390 g/mol. The maximum absolute atomic E-state index is 6.09. The Kier molecular flexibility index (Phi) is 5.21. The Hall–Kier alpha value is 0.0649. The van der Waals surface area contributed by atoms with Gasteiger partial charge in [-0.3, -0.25) is 0 Å². The van der Waals surface area contributed by atoms with Gasteiger partial charge in [-0.1, -0.05) is 33.6 Å². The van der Waals surface area contributed by atoms with Crippen LogP contribution in [0, 0.1) is 0 Å². The molecule has 0 radical (unpaired) electrons. The van der Waals surface area contributed by atoms with Crippen molar-refractivity contribution in [1.82, 2.24) is 0 Å². The van der Waals surface area contributed by atoms with Crippen LogP contribution in [0.15, 0.2) is 28.1 Å². The molecule has 2 rings (SSSR count). The lowest BCUT2D eigenvalue weighted by Gasteiger charge is -2.32. The minimum atomic E-state index is -0.384. The molecule has 1 aliphatic heterocycles. The molecule has 0 unspecified atom stereocenters. The van der Waals surface area contributed by atoms with Crippen molar-refractivity contribution in [1.29, 1.82) is 0 Å². The molecule has 1 aromatic carbocycles. The van der Waals surface area contributed by atoms with Crippen LogP contribution in [0.25, 0.3) is 6.08 Å². The van der Waals surface area contributed by atoms with Gasteiger partial charge >= 0.3 is 7.12 Å². The van der Waals surface area contributed by atoms with E-state index in [4.69, 9.17) is 20.9 Å². The molecule has 0 N–H and O–H groups in total. The van der Waals surface area contributed by atoms with Crippen LogP contribution in [0.1, 0.15) is 33.3 Å². The molecule has 0 aliphatic carbocycles. The van der Waals surface area contributed by atoms with Crippen molar-refractivity contribution in [2.24, 2.45) is 0 Å². The van der Waals surface area contributed by atoms with Gasteiger partial charge in [-0.05, 0) is 56.9 Å². The first-order valence-electron chi connectivity index (χ1n) is 6.78. The number of hydrogen-bond acceptors (Lipinski definition) is 3. The van der Waals surface area contributed by atoms with Crippen LogP contribution < -0.4 is 0 Å². The molecule has 0 saturated carbocycles. The third-order valence-electron chi connectivity index (χ3n) is 3.98. The molecule has 2 nitrogen and oxygen atoms in total. The Morgan fingerprint density at radius 2 is 1.81 bits per heavy atom. The first-order valence-corrected chi connectivity index (χ1v) is 8.58. The fourth-order valence-electron chi connectivity index (χ4n) is 2.06. The molecule has 1 fully saturated rings. The fraction of sp³-hybridized carbons (Fsp3) is 0.467. The Morgan fingerprint density at radius 1 is 1.24 bits per heavy atom. The zero-order chi connectivity index (χ0) is 15.8. The minimum absolute atomic E-state index is 0.353. The smallest absolute Gasteiger partial charge is 0.400 e. The summed E-state index contributed by atoms with van der Waals surface area (Å²) in [7, 11) is -0.384. The summed E-state index contributed by atoms with van der Waals surface area (Å²) in [5.74, 6) is 0.557. The monoisotopic (exact) mass is 388 g/mol. The summed E-state index contributed by atoms with van der Waals surface area (Å²) in [4.78, 5) is 0. The Labute approximate surface area is 145 Å². The molecule has 0 aromatic heterocycles. The van der Waals surface area contributed by atoms with E-state index in [-0.39, 0.29) is 18.3 Å². The van der Waals surface area contributed by atoms with Gasteiger partial charge in [0.25, 0.3) is 0 Å². The third-order valence-corrected chi connectivity index (χ3v) is 5.02. The number of halogens is 2. The topological polar surface area (TPSA) is 18.5 Å². The van der Waals surface area contributed by atoms with Gasteiger partial charge in [-0.2, -0.15) is 12.6 Å². The van der Waals surface area contributed by atoms with Crippen molar-refractivity contribution in [3.63, 3.8) is 0 Å². The van der Waals surface area contributed by atoms with Gasteiger partial charge in [0, 0.05) is 15.2 Å². The molecule has 21 heavy (non-hydrogen) atoms. The SMILES string of the molecule is CC1(C)OB(C(=Cc2cc(Cl)cc(Br)c2)CS)OC1(C)C. The third kappa shape index (κ3) is 3.88. The molecular weight excluding hydrogens is 370 g/mol. The van der Waals surface area contributed by atoms with Gasteiger partial charge < -0.3 is 9.31 Å². The van der Waals surface area contributed by atoms with Crippen molar-refractivity contribution < 1.29 is 9.31 Å². The van der Waals surface area contributed by atoms with Crippen LogP contribution >= 0.6 is 40.2 Å². The van der Waals surface area contributed by atoms with E-state index in [1.165, 1.54) is 0 Å². The van der Waals surface area contributed by atoms with Crippen molar-refractivity contribution >= 4 is 53.4 Å². The van der Waals surface area contributed by atoms with Gasteiger partial charge in [0.2, 0.25) is 0 Å². The molecule has 6 heteroatoms. The molecule has 0 atom stereocenters. The van der Waals surface area contributed by atoms with E-state index in [0.717, 1.165) is 15.5 Å². The summed E-state index contributed by atoms with van der Waals surface area (Å²) in [5.41, 5.74) is 1.27. The van der Waals surface area contributed by atoms with E-state index in [9.17, 15) is 0 Å². The molecule has 114 valence electrons. The highest BCUT2D eigenvalue weighted by atomic mass is 79.9. The van der Waals surface area contributed by atoms with E-state index < -0.39 is 0 Å². The summed E-state index contributed by atoms with van der Waals surface area (Å²) in [5, 5.41) is 0.683. The lowest BCUT2D eigenvalue weighted by molar-refractivity contribution is 0.00578. The summed E-state index contributed by atoms with van der Waals surface area (Å²) < 4.78 is 13.1. The lowest BCUT2D eigenvalue weighted by atomic mass is 9.78. The first kappa shape index (κ1) is 17.4. The summed E-state index contributed by atoms with van der Waals surface area (Å²) >= 11 is 13.9. The lowest BCUT2D eigenvalue weighted by Crippen LogP contribution is -2.41. The predicted octanol–water partition coefficient (Wildman–Crippen LogP) is 5.05. The molecule has 0 bridgehead atoms. The second kappa shape index (κ2) is 6.28. The van der Waals surface area contributed by atoms with Crippen LogP contribution in [-0.2, 0) is 9.31 Å². The van der Waals surface area contributed by atoms with Crippen LogP contribution in [0.3, 0.4) is 0 Å². The highest BCUT2D eigenvalue weighted by Crippen LogP contribution is 2.39. The van der Waals surface area contributed by atoms with E-state index in [1.807, 2.05) is 52.0 Å². The van der Waals surface area contributed by atoms with Crippen LogP contribution in [0.4, 0.5) is 0 Å². The molecule has 1 saturated heterocycles. The average Bonchev–Trinajstić information content (AvgIpc) is 2.54. The number of hydrogen-bond donors (Lipinski definition) is 1. The van der Waals surface area contributed by atoms with Crippen molar-refractivity contribution in [3.8, 4) is 0 Å². The van der Waals surface area contributed by atoms with Crippen molar-refractivity contribution in [3.05, 3.63) is 38.7 Å². The second-order valence-electron chi connectivity index (χ2n) is 6.17. The fourth-order valence-corrected chi connectivity index (χ4v) is 3.18. The summed E-state index contributed by atoms with van der Waals surface area (Å²) in [6.45, 7) is 8.16. The normalized spacial score (nSPS) is 20.9. The van der Waals surface area contributed by atoms with E-state index in [1.54, 1.807) is 0 Å². The Morgan fingerprint density at radius 3 is 2.29 bits per heavy atom. The minimum Gasteiger partial charge on any atom is -0.400 e. The quantitative estimate of drug-likeness (QED) is 0.576. The molecule has 0 spiro atoms. The van der Waals surface area contributed by atoms with Crippen LogP contribution in [-0.4, -0.2) is 24.1 Å². The molecule has 0 amide bonds. The Bertz CT molecular complexity index is 539. The maximum atomic E-state index is 6.09. The van der Waals surface area contributed by atoms with E-state index >= 15 is 0 Å². The molecule has 1 aliphatic rings. The largest absolute Gasteiger partial charge is 0.491 e. The number of benzene rings is 1. The van der Waals surface area contributed by atoms with Gasteiger partial charge in [0.15, 0.2) is 0 Å². The van der Waals surface area contributed by atoms with Crippen LogP contribution in [0.2, 0.25) is 5.02 Å². The maximum Gasteiger partial charge on any atom is 0.491 e. The predicted molar refractivity (Wildman–Crippen MR) is 97.1 cm³/mol. The van der Waals surface area contributed by atoms with E-state index in [2.05, 4.69) is 28.6 Å². The zero-order valence-electron chi connectivity index (χ0n) is 12.6. The standard InChI is InChI=1S/C15H19BBrClO2S/c1-14(2)15(3,4)20-16(19-14)11(9-21)5-10-6-12(17)8-13(18)7-10/h5-8,21H,9H2,1-4H3. The molecule has 1 heterocycles. The first-order chi connectivity index (χ1) is 9.64. The number of rotatable bonds is 3. The van der Waals surface area contributed by atoms with Crippen LogP contribution in [0.5, 0.6) is 0 Å². The Balaban J connectivity index is 2.30. The molecular formula is C15H19BBrClO2S. The summed E-state index contributed by atoms with van der Waals surface area (Å²) in [6, 6.07) is 5.76. The molecule has 1 aromatic rings. The van der Waals surface area contributed by atoms with Crippen molar-refractivity contribution in [2.45, 2.75) is 38.9 Å². The number of thiol groups is 1. The zero-order valence-corrected chi connectivity index (χ0v) is 15.8. The van der Waals surface area contributed by atoms with Gasteiger partial charge in [-0.25, -0.2) is 0 Å². The highest BCUT2D eigenvalue weighted by Gasteiger charge is 2.52. The van der Waals surface area contributed by atoms with Gasteiger partial charge in [0.05, 0.1) is 11.2 Å². The van der Waals surface area contributed by atoms with E-state index in [0.29, 0.717) is 10.8 Å².